The first-order valence-corrected chi connectivity index (χ1v) is 11.3. The summed E-state index contributed by atoms with van der Waals surface area (Å²) in [6, 6.07) is 8.96. The lowest BCUT2D eigenvalue weighted by atomic mass is 9.97. The normalized spacial score (nSPS) is 25.9. The number of nitrogens with zero attached hydrogens (tertiary/aromatic N) is 3. The van der Waals surface area contributed by atoms with Gasteiger partial charge in [-0.05, 0) is 30.5 Å². The van der Waals surface area contributed by atoms with Crippen molar-refractivity contribution in [1.29, 1.82) is 0 Å². The molecule has 3 unspecified atom stereocenters. The summed E-state index contributed by atoms with van der Waals surface area (Å²) in [5.41, 5.74) is 1.38. The second-order valence-corrected chi connectivity index (χ2v) is 8.47. The predicted octanol–water partition coefficient (Wildman–Crippen LogP) is 2.42. The number of aliphatic imine (C=N–C) groups is 1. The number of guanidine groups is 1. The van der Waals surface area contributed by atoms with Gasteiger partial charge in [0.2, 0.25) is 0 Å². The maximum Gasteiger partial charge on any atom is 0.193 e. The summed E-state index contributed by atoms with van der Waals surface area (Å²) >= 11 is 0. The minimum Gasteiger partial charge on any atom is -0.497 e. The fourth-order valence-electron chi connectivity index (χ4n) is 4.99. The van der Waals surface area contributed by atoms with E-state index in [4.69, 9.17) is 14.2 Å². The number of rotatable bonds is 6. The number of hydrogen-bond donors (Lipinski definition) is 1. The lowest BCUT2D eigenvalue weighted by Gasteiger charge is -2.38. The Hall–Kier alpha value is -1.10. The number of ether oxygens (including phenoxy) is 3. The fraction of sp³-hybridized carbons (Fsp3) is 0.696. The van der Waals surface area contributed by atoms with Crippen molar-refractivity contribution in [2.75, 3.05) is 73.3 Å². The highest BCUT2D eigenvalue weighted by molar-refractivity contribution is 14.0. The van der Waals surface area contributed by atoms with Gasteiger partial charge in [-0.3, -0.25) is 9.89 Å². The van der Waals surface area contributed by atoms with Crippen LogP contribution in [0.5, 0.6) is 5.75 Å². The quantitative estimate of drug-likeness (QED) is 0.338. The van der Waals surface area contributed by atoms with Crippen molar-refractivity contribution in [2.24, 2.45) is 10.9 Å². The van der Waals surface area contributed by atoms with E-state index in [9.17, 15) is 0 Å². The molecular weight excluding hydrogens is 507 g/mol. The van der Waals surface area contributed by atoms with Crippen LogP contribution in [0.2, 0.25) is 0 Å². The van der Waals surface area contributed by atoms with E-state index < -0.39 is 0 Å². The molecule has 0 aromatic heterocycles. The molecule has 1 aromatic rings. The molecule has 7 nitrogen and oxygen atoms in total. The Labute approximate surface area is 203 Å². The first-order chi connectivity index (χ1) is 14.8. The Morgan fingerprint density at radius 2 is 1.90 bits per heavy atom. The molecule has 3 aliphatic heterocycles. The van der Waals surface area contributed by atoms with E-state index in [2.05, 4.69) is 44.4 Å². The lowest BCUT2D eigenvalue weighted by Crippen LogP contribution is -2.54. The van der Waals surface area contributed by atoms with E-state index in [1.54, 1.807) is 7.11 Å². The summed E-state index contributed by atoms with van der Waals surface area (Å²) in [5.74, 6) is 3.05. The number of hydrogen-bond acceptors (Lipinski definition) is 5. The molecule has 0 bridgehead atoms. The van der Waals surface area contributed by atoms with Gasteiger partial charge in [0.15, 0.2) is 5.96 Å². The highest BCUT2D eigenvalue weighted by atomic mass is 127. The minimum absolute atomic E-state index is 0. The van der Waals surface area contributed by atoms with Gasteiger partial charge < -0.3 is 24.4 Å². The van der Waals surface area contributed by atoms with Crippen molar-refractivity contribution in [3.8, 4) is 5.75 Å². The van der Waals surface area contributed by atoms with E-state index in [0.29, 0.717) is 17.9 Å². The highest BCUT2D eigenvalue weighted by Gasteiger charge is 2.32. The van der Waals surface area contributed by atoms with Crippen molar-refractivity contribution in [3.05, 3.63) is 29.8 Å². The number of likely N-dealkylation sites (tertiary alicyclic amines) is 1. The topological polar surface area (TPSA) is 58.6 Å². The van der Waals surface area contributed by atoms with Crippen LogP contribution in [0.15, 0.2) is 29.3 Å². The highest BCUT2D eigenvalue weighted by Crippen LogP contribution is 2.28. The Morgan fingerprint density at radius 3 is 2.55 bits per heavy atom. The lowest BCUT2D eigenvalue weighted by molar-refractivity contribution is 0.00236. The molecule has 0 radical (unpaired) electrons. The van der Waals surface area contributed by atoms with Crippen molar-refractivity contribution < 1.29 is 14.2 Å². The Morgan fingerprint density at radius 1 is 1.13 bits per heavy atom. The van der Waals surface area contributed by atoms with E-state index in [-0.39, 0.29) is 24.0 Å². The van der Waals surface area contributed by atoms with Crippen molar-refractivity contribution in [3.63, 3.8) is 0 Å². The number of methoxy groups -OCH3 is 1. The van der Waals surface area contributed by atoms with E-state index in [1.165, 1.54) is 5.56 Å². The first-order valence-electron chi connectivity index (χ1n) is 11.3. The van der Waals surface area contributed by atoms with E-state index in [1.807, 2.05) is 7.05 Å². The van der Waals surface area contributed by atoms with E-state index in [0.717, 1.165) is 83.7 Å². The van der Waals surface area contributed by atoms with Crippen LogP contribution in [0.4, 0.5) is 0 Å². The monoisotopic (exact) mass is 544 g/mol. The molecule has 0 amide bonds. The van der Waals surface area contributed by atoms with Crippen molar-refractivity contribution in [2.45, 2.75) is 24.8 Å². The third-order valence-electron chi connectivity index (χ3n) is 6.78. The van der Waals surface area contributed by atoms with Gasteiger partial charge in [0.1, 0.15) is 5.75 Å². The molecule has 1 N–H and O–H groups in total. The zero-order chi connectivity index (χ0) is 20.8. The Bertz CT molecular complexity index is 691. The SMILES string of the molecule is CN=C(NCC(C1CCOC1)N1CCOCC1)N1CCC(c2ccc(OC)cc2)C1.I. The first kappa shape index (κ1) is 24.5. The molecule has 3 saturated heterocycles. The number of nitrogens with one attached hydrogen (secondary N) is 1. The molecule has 4 rings (SSSR count). The average Bonchev–Trinajstić information content (AvgIpc) is 3.50. The van der Waals surface area contributed by atoms with Gasteiger partial charge in [0, 0.05) is 64.3 Å². The molecular formula is C23H37IN4O3. The molecule has 0 aliphatic carbocycles. The molecule has 174 valence electrons. The van der Waals surface area contributed by atoms with Gasteiger partial charge in [-0.2, -0.15) is 0 Å². The molecule has 8 heteroatoms. The van der Waals surface area contributed by atoms with Crippen LogP contribution in [0.1, 0.15) is 24.3 Å². The molecule has 31 heavy (non-hydrogen) atoms. The summed E-state index contributed by atoms with van der Waals surface area (Å²) in [7, 11) is 3.61. The maximum atomic E-state index is 5.71. The van der Waals surface area contributed by atoms with Gasteiger partial charge in [-0.25, -0.2) is 0 Å². The zero-order valence-electron chi connectivity index (χ0n) is 18.8. The third-order valence-corrected chi connectivity index (χ3v) is 6.78. The van der Waals surface area contributed by atoms with Gasteiger partial charge in [-0.1, -0.05) is 12.1 Å². The second-order valence-electron chi connectivity index (χ2n) is 8.47. The second kappa shape index (κ2) is 12.2. The van der Waals surface area contributed by atoms with Gasteiger partial charge in [0.05, 0.1) is 26.9 Å². The number of morpholine rings is 1. The number of halogens is 1. The van der Waals surface area contributed by atoms with Crippen molar-refractivity contribution in [1.82, 2.24) is 15.1 Å². The summed E-state index contributed by atoms with van der Waals surface area (Å²) in [4.78, 5) is 9.58. The maximum absolute atomic E-state index is 5.71. The molecule has 1 aromatic carbocycles. The molecule has 3 atom stereocenters. The standard InChI is InChI=1S/C23H36N4O3.HI/c1-24-23(27-9-7-19(16-27)18-3-5-21(28-2)6-4-18)25-15-22(20-8-12-30-17-20)26-10-13-29-14-11-26;/h3-6,19-20,22H,7-17H2,1-2H3,(H,24,25);1H. The van der Waals surface area contributed by atoms with Gasteiger partial charge >= 0.3 is 0 Å². The van der Waals surface area contributed by atoms with Crippen LogP contribution >= 0.6 is 24.0 Å². The molecule has 3 aliphatic rings. The predicted molar refractivity (Wildman–Crippen MR) is 134 cm³/mol. The summed E-state index contributed by atoms with van der Waals surface area (Å²) in [6.07, 6.45) is 2.29. The van der Waals surface area contributed by atoms with Gasteiger partial charge in [0.25, 0.3) is 0 Å². The smallest absolute Gasteiger partial charge is 0.193 e. The average molecular weight is 544 g/mol. The third kappa shape index (κ3) is 6.24. The van der Waals surface area contributed by atoms with E-state index >= 15 is 0 Å². The van der Waals surface area contributed by atoms with Crippen molar-refractivity contribution >= 4 is 29.9 Å². The molecule has 3 fully saturated rings. The zero-order valence-corrected chi connectivity index (χ0v) is 21.1. The summed E-state index contributed by atoms with van der Waals surface area (Å²) < 4.78 is 16.6. The number of benzene rings is 1. The minimum atomic E-state index is 0. The fourth-order valence-corrected chi connectivity index (χ4v) is 4.99. The summed E-state index contributed by atoms with van der Waals surface area (Å²) in [6.45, 7) is 8.36. The molecule has 3 heterocycles. The van der Waals surface area contributed by atoms with Crippen LogP contribution in [0.25, 0.3) is 0 Å². The largest absolute Gasteiger partial charge is 0.497 e. The van der Waals surface area contributed by atoms with Crippen LogP contribution in [-0.4, -0.2) is 95.1 Å². The molecule has 0 spiro atoms. The Balaban J connectivity index is 0.00000272. The van der Waals surface area contributed by atoms with Crippen LogP contribution < -0.4 is 10.1 Å². The van der Waals surface area contributed by atoms with Crippen LogP contribution in [0, 0.1) is 5.92 Å². The van der Waals surface area contributed by atoms with Crippen LogP contribution in [0.3, 0.4) is 0 Å². The Kier molecular flexibility index (Phi) is 9.68. The van der Waals surface area contributed by atoms with Crippen LogP contribution in [-0.2, 0) is 9.47 Å². The molecule has 0 saturated carbocycles. The summed E-state index contributed by atoms with van der Waals surface area (Å²) in [5, 5.41) is 3.69. The van der Waals surface area contributed by atoms with Gasteiger partial charge in [-0.15, -0.1) is 24.0 Å².